The van der Waals surface area contributed by atoms with Crippen molar-refractivity contribution in [3.05, 3.63) is 59.7 Å². The first kappa shape index (κ1) is 21.8. The Hall–Kier alpha value is -2.90. The molecule has 2 unspecified atom stereocenters. The maximum atomic E-state index is 12.4. The Kier molecular flexibility index (Phi) is 7.07. The van der Waals surface area contributed by atoms with Crippen molar-refractivity contribution in [3.8, 4) is 5.75 Å². The average Bonchev–Trinajstić information content (AvgIpc) is 2.75. The molecule has 7 heteroatoms. The normalized spacial score (nSPS) is 17.7. The van der Waals surface area contributed by atoms with Crippen molar-refractivity contribution in [3.63, 3.8) is 0 Å². The molecule has 160 valence electrons. The highest BCUT2D eigenvalue weighted by molar-refractivity contribution is 6.04. The molecule has 2 aromatic rings. The van der Waals surface area contributed by atoms with Crippen LogP contribution in [0.1, 0.15) is 35.9 Å². The van der Waals surface area contributed by atoms with Crippen molar-refractivity contribution in [2.24, 2.45) is 5.92 Å². The molecule has 2 atom stereocenters. The van der Waals surface area contributed by atoms with E-state index in [0.29, 0.717) is 29.1 Å². The van der Waals surface area contributed by atoms with Gasteiger partial charge in [-0.25, -0.2) is 0 Å². The minimum atomic E-state index is -0.876. The van der Waals surface area contributed by atoms with Gasteiger partial charge in [-0.1, -0.05) is 26.0 Å². The topological polar surface area (TPSA) is 88.1 Å². The monoisotopic (exact) mass is 412 g/mol. The van der Waals surface area contributed by atoms with Crippen molar-refractivity contribution in [2.75, 3.05) is 32.2 Å². The largest absolute Gasteiger partial charge is 0.497 e. The molecule has 7 nitrogen and oxygen atoms in total. The van der Waals surface area contributed by atoms with Gasteiger partial charge in [0, 0.05) is 17.8 Å². The van der Waals surface area contributed by atoms with Gasteiger partial charge in [0.05, 0.1) is 19.8 Å². The first-order valence-corrected chi connectivity index (χ1v) is 9.99. The van der Waals surface area contributed by atoms with E-state index in [1.54, 1.807) is 60.5 Å². The van der Waals surface area contributed by atoms with E-state index in [-0.39, 0.29) is 30.9 Å². The summed E-state index contributed by atoms with van der Waals surface area (Å²) < 4.78 is 10.5. The standard InChI is InChI=1S/C23H28N2O5/c1-15(2)12-25-20(13-30-14-21(25)26)22(27)16-4-8-18(9-5-16)24-23(28)17-6-10-19(29-3)11-7-17/h4-11,15,20,22,27H,12-14H2,1-3H3,(H,24,28). The van der Waals surface area contributed by atoms with E-state index in [0.717, 1.165) is 0 Å². The molecule has 1 aliphatic rings. The van der Waals surface area contributed by atoms with E-state index < -0.39 is 12.1 Å². The van der Waals surface area contributed by atoms with Crippen LogP contribution in [0.5, 0.6) is 5.75 Å². The Labute approximate surface area is 176 Å². The van der Waals surface area contributed by atoms with Gasteiger partial charge < -0.3 is 24.8 Å². The van der Waals surface area contributed by atoms with Crippen LogP contribution in [0.25, 0.3) is 0 Å². The van der Waals surface area contributed by atoms with Gasteiger partial charge in [-0.15, -0.1) is 0 Å². The highest BCUT2D eigenvalue weighted by Crippen LogP contribution is 2.26. The Morgan fingerprint density at radius 3 is 2.47 bits per heavy atom. The van der Waals surface area contributed by atoms with Crippen LogP contribution < -0.4 is 10.1 Å². The number of rotatable bonds is 7. The summed E-state index contributed by atoms with van der Waals surface area (Å²) in [4.78, 5) is 26.4. The third-order valence-electron chi connectivity index (χ3n) is 5.02. The summed E-state index contributed by atoms with van der Waals surface area (Å²) in [5.74, 6) is 0.626. The lowest BCUT2D eigenvalue weighted by Crippen LogP contribution is -2.53. The Morgan fingerprint density at radius 1 is 1.20 bits per heavy atom. The maximum Gasteiger partial charge on any atom is 0.255 e. The summed E-state index contributed by atoms with van der Waals surface area (Å²) in [5.41, 5.74) is 1.79. The number of aliphatic hydroxyl groups is 1. The van der Waals surface area contributed by atoms with E-state index in [1.165, 1.54) is 0 Å². The molecule has 0 bridgehead atoms. The van der Waals surface area contributed by atoms with Gasteiger partial charge in [-0.05, 0) is 47.9 Å². The van der Waals surface area contributed by atoms with Crippen LogP contribution in [0.15, 0.2) is 48.5 Å². The van der Waals surface area contributed by atoms with Crippen LogP contribution in [0.4, 0.5) is 5.69 Å². The molecule has 0 saturated carbocycles. The minimum absolute atomic E-state index is 0.0479. The van der Waals surface area contributed by atoms with E-state index >= 15 is 0 Å². The summed E-state index contributed by atoms with van der Waals surface area (Å²) in [5, 5.41) is 13.7. The number of aliphatic hydroxyl groups excluding tert-OH is 1. The number of morpholine rings is 1. The van der Waals surface area contributed by atoms with Crippen molar-refractivity contribution >= 4 is 17.5 Å². The molecule has 0 aliphatic carbocycles. The third-order valence-corrected chi connectivity index (χ3v) is 5.02. The van der Waals surface area contributed by atoms with Crippen molar-refractivity contribution in [1.29, 1.82) is 0 Å². The zero-order valence-corrected chi connectivity index (χ0v) is 17.5. The highest BCUT2D eigenvalue weighted by Gasteiger charge is 2.34. The molecular formula is C23H28N2O5. The van der Waals surface area contributed by atoms with Gasteiger partial charge in [-0.3, -0.25) is 9.59 Å². The number of hydrogen-bond acceptors (Lipinski definition) is 5. The molecule has 1 aliphatic heterocycles. The number of carbonyl (C=O) groups is 2. The van der Waals surface area contributed by atoms with Gasteiger partial charge in [0.1, 0.15) is 18.5 Å². The fourth-order valence-electron chi connectivity index (χ4n) is 3.45. The quantitative estimate of drug-likeness (QED) is 0.730. The summed E-state index contributed by atoms with van der Waals surface area (Å²) in [6.07, 6.45) is -0.876. The summed E-state index contributed by atoms with van der Waals surface area (Å²) in [6.45, 7) is 4.97. The van der Waals surface area contributed by atoms with E-state index in [9.17, 15) is 14.7 Å². The fourth-order valence-corrected chi connectivity index (χ4v) is 3.45. The van der Waals surface area contributed by atoms with Gasteiger partial charge >= 0.3 is 0 Å². The van der Waals surface area contributed by atoms with Crippen molar-refractivity contribution < 1.29 is 24.2 Å². The molecule has 2 aromatic carbocycles. The van der Waals surface area contributed by atoms with Crippen LogP contribution in [0.3, 0.4) is 0 Å². The second-order valence-electron chi connectivity index (χ2n) is 7.77. The molecule has 2 amide bonds. The molecule has 1 heterocycles. The molecule has 30 heavy (non-hydrogen) atoms. The van der Waals surface area contributed by atoms with Gasteiger partial charge in [0.15, 0.2) is 0 Å². The molecule has 2 N–H and O–H groups in total. The van der Waals surface area contributed by atoms with Crippen molar-refractivity contribution in [1.82, 2.24) is 4.90 Å². The van der Waals surface area contributed by atoms with Crippen LogP contribution in [0.2, 0.25) is 0 Å². The number of anilines is 1. The third kappa shape index (κ3) is 5.17. The number of methoxy groups -OCH3 is 1. The average molecular weight is 412 g/mol. The molecular weight excluding hydrogens is 384 g/mol. The highest BCUT2D eigenvalue weighted by atomic mass is 16.5. The predicted octanol–water partition coefficient (Wildman–Crippen LogP) is 2.86. The molecule has 0 spiro atoms. The van der Waals surface area contributed by atoms with Crippen LogP contribution >= 0.6 is 0 Å². The first-order chi connectivity index (χ1) is 14.4. The van der Waals surface area contributed by atoms with Crippen LogP contribution in [-0.4, -0.2) is 54.7 Å². The zero-order valence-electron chi connectivity index (χ0n) is 17.5. The number of hydrogen-bond donors (Lipinski definition) is 2. The second-order valence-corrected chi connectivity index (χ2v) is 7.77. The molecule has 0 radical (unpaired) electrons. The predicted molar refractivity (Wildman–Crippen MR) is 114 cm³/mol. The summed E-state index contributed by atoms with van der Waals surface area (Å²) in [6, 6.07) is 13.4. The Morgan fingerprint density at radius 2 is 1.87 bits per heavy atom. The fraction of sp³-hybridized carbons (Fsp3) is 0.391. The molecule has 0 aromatic heterocycles. The van der Waals surface area contributed by atoms with Gasteiger partial charge in [0.2, 0.25) is 5.91 Å². The lowest BCUT2D eigenvalue weighted by molar-refractivity contribution is -0.155. The second kappa shape index (κ2) is 9.73. The van der Waals surface area contributed by atoms with E-state index in [4.69, 9.17) is 9.47 Å². The first-order valence-electron chi connectivity index (χ1n) is 9.99. The number of carbonyl (C=O) groups excluding carboxylic acids is 2. The van der Waals surface area contributed by atoms with Crippen molar-refractivity contribution in [2.45, 2.75) is 26.0 Å². The summed E-state index contributed by atoms with van der Waals surface area (Å²) in [7, 11) is 1.57. The van der Waals surface area contributed by atoms with E-state index in [2.05, 4.69) is 5.32 Å². The number of amides is 2. The number of benzene rings is 2. The van der Waals surface area contributed by atoms with E-state index in [1.807, 2.05) is 13.8 Å². The van der Waals surface area contributed by atoms with Crippen LogP contribution in [0, 0.1) is 5.92 Å². The molecule has 1 saturated heterocycles. The zero-order chi connectivity index (χ0) is 21.7. The minimum Gasteiger partial charge on any atom is -0.497 e. The Balaban J connectivity index is 1.67. The number of nitrogens with zero attached hydrogens (tertiary/aromatic N) is 1. The summed E-state index contributed by atoms with van der Waals surface area (Å²) >= 11 is 0. The number of ether oxygens (including phenoxy) is 2. The SMILES string of the molecule is COc1ccc(C(=O)Nc2ccc(C(O)C3COCC(=O)N3CC(C)C)cc2)cc1. The van der Waals surface area contributed by atoms with Gasteiger partial charge in [-0.2, -0.15) is 0 Å². The maximum absolute atomic E-state index is 12.4. The Bertz CT molecular complexity index is 864. The van der Waals surface area contributed by atoms with Gasteiger partial charge in [0.25, 0.3) is 5.91 Å². The molecule has 1 fully saturated rings. The lowest BCUT2D eigenvalue weighted by atomic mass is 9.99. The smallest absolute Gasteiger partial charge is 0.255 e. The van der Waals surface area contributed by atoms with Crippen LogP contribution in [-0.2, 0) is 9.53 Å². The lowest BCUT2D eigenvalue weighted by Gasteiger charge is -2.39. The molecule has 3 rings (SSSR count). The number of nitrogens with one attached hydrogen (secondary N) is 1.